The number of nitrogens with one attached hydrogen (secondary N) is 2. The van der Waals surface area contributed by atoms with Gasteiger partial charge in [0.05, 0.1) is 0 Å². The maximum atomic E-state index is 13.0. The Morgan fingerprint density at radius 3 is 2.11 bits per heavy atom. The summed E-state index contributed by atoms with van der Waals surface area (Å²) < 4.78 is 13.0. The van der Waals surface area contributed by atoms with Crippen molar-refractivity contribution in [3.63, 3.8) is 0 Å². The maximum absolute atomic E-state index is 13.0. The summed E-state index contributed by atoms with van der Waals surface area (Å²) in [7, 11) is 0. The summed E-state index contributed by atoms with van der Waals surface area (Å²) in [5.41, 5.74) is 3.00. The summed E-state index contributed by atoms with van der Waals surface area (Å²) in [5, 5.41) is 5.92. The van der Waals surface area contributed by atoms with Gasteiger partial charge in [-0.1, -0.05) is 44.2 Å². The molecule has 2 N–H and O–H groups in total. The average molecular weight is 382 g/mol. The van der Waals surface area contributed by atoms with Crippen LogP contribution in [-0.4, -0.2) is 18.4 Å². The Morgan fingerprint density at radius 2 is 1.57 bits per heavy atom. The second-order valence-corrected chi connectivity index (χ2v) is 7.33. The minimum absolute atomic E-state index is 0.220. The van der Waals surface area contributed by atoms with E-state index in [0.717, 1.165) is 35.2 Å². The number of rotatable bonds is 8. The molecule has 0 aromatic heterocycles. The van der Waals surface area contributed by atoms with Crippen LogP contribution in [-0.2, 0) is 28.9 Å². The lowest BCUT2D eigenvalue weighted by molar-refractivity contribution is -0.134. The van der Waals surface area contributed by atoms with Crippen LogP contribution in [0.4, 0.5) is 10.1 Å². The number of aryl methyl sites for hydroxylation is 2. The van der Waals surface area contributed by atoms with Gasteiger partial charge in [0.25, 0.3) is 0 Å². The van der Waals surface area contributed by atoms with Crippen LogP contribution < -0.4 is 10.6 Å². The molecule has 0 heterocycles. The minimum atomic E-state index is -0.964. The zero-order valence-corrected chi connectivity index (χ0v) is 16.5. The summed E-state index contributed by atoms with van der Waals surface area (Å²) in [5.74, 6) is -0.721. The van der Waals surface area contributed by atoms with E-state index in [1.807, 2.05) is 18.2 Å². The molecule has 2 aromatic rings. The first-order chi connectivity index (χ1) is 13.5. The first kappa shape index (κ1) is 20.1. The van der Waals surface area contributed by atoms with Crippen molar-refractivity contribution in [3.8, 4) is 0 Å². The van der Waals surface area contributed by atoms with Crippen LogP contribution in [0.25, 0.3) is 0 Å². The summed E-state index contributed by atoms with van der Waals surface area (Å²) in [6.45, 7) is 4.53. The lowest BCUT2D eigenvalue weighted by atomic mass is 10.0. The molecule has 1 saturated carbocycles. The Hall–Kier alpha value is -2.69. The molecule has 0 radical (unpaired) electrons. The molecule has 0 spiro atoms. The predicted molar refractivity (Wildman–Crippen MR) is 109 cm³/mol. The molecule has 2 aromatic carbocycles. The Balaban J connectivity index is 1.62. The van der Waals surface area contributed by atoms with Crippen LogP contribution >= 0.6 is 0 Å². The minimum Gasteiger partial charge on any atom is -0.355 e. The third-order valence-corrected chi connectivity index (χ3v) is 5.47. The number of hydrogen-bond acceptors (Lipinski definition) is 2. The fraction of sp³-hybridized carbons (Fsp3) is 0.391. The van der Waals surface area contributed by atoms with Gasteiger partial charge in [-0.25, -0.2) is 4.39 Å². The van der Waals surface area contributed by atoms with E-state index in [0.29, 0.717) is 25.8 Å². The zero-order valence-electron chi connectivity index (χ0n) is 16.5. The van der Waals surface area contributed by atoms with Gasteiger partial charge in [0.2, 0.25) is 11.8 Å². The van der Waals surface area contributed by atoms with E-state index in [9.17, 15) is 14.0 Å². The molecular formula is C23H27FN2O2. The van der Waals surface area contributed by atoms with Crippen molar-refractivity contribution in [2.75, 3.05) is 11.9 Å². The van der Waals surface area contributed by atoms with Crippen LogP contribution in [0.15, 0.2) is 42.5 Å². The quantitative estimate of drug-likeness (QED) is 0.677. The molecule has 3 rings (SSSR count). The normalized spacial score (nSPS) is 14.4. The SMILES string of the molecule is CCc1cccc(CC)c1NC(=O)C1(C(=O)NCCc2ccc(F)cc2)CC1. The van der Waals surface area contributed by atoms with Gasteiger partial charge in [0.1, 0.15) is 11.2 Å². The molecule has 2 amide bonds. The molecule has 0 unspecified atom stereocenters. The van der Waals surface area contributed by atoms with Crippen LogP contribution in [0, 0.1) is 11.2 Å². The van der Waals surface area contributed by atoms with E-state index in [4.69, 9.17) is 0 Å². The molecule has 1 aliphatic carbocycles. The van der Waals surface area contributed by atoms with Gasteiger partial charge in [0, 0.05) is 12.2 Å². The van der Waals surface area contributed by atoms with Gasteiger partial charge >= 0.3 is 0 Å². The smallest absolute Gasteiger partial charge is 0.240 e. The van der Waals surface area contributed by atoms with Crippen LogP contribution in [0.1, 0.15) is 43.4 Å². The van der Waals surface area contributed by atoms with Crippen molar-refractivity contribution in [3.05, 3.63) is 65.0 Å². The molecule has 5 heteroatoms. The highest BCUT2D eigenvalue weighted by Gasteiger charge is 2.56. The zero-order chi connectivity index (χ0) is 20.1. The number of benzene rings is 2. The molecule has 0 atom stereocenters. The lowest BCUT2D eigenvalue weighted by Gasteiger charge is -2.19. The van der Waals surface area contributed by atoms with E-state index in [2.05, 4.69) is 24.5 Å². The second kappa shape index (κ2) is 8.55. The van der Waals surface area contributed by atoms with Crippen molar-refractivity contribution in [2.24, 2.45) is 5.41 Å². The Morgan fingerprint density at radius 1 is 0.964 bits per heavy atom. The van der Waals surface area contributed by atoms with E-state index in [1.54, 1.807) is 12.1 Å². The number of anilines is 1. The van der Waals surface area contributed by atoms with E-state index in [-0.39, 0.29) is 17.6 Å². The molecule has 0 bridgehead atoms. The van der Waals surface area contributed by atoms with Crippen molar-refractivity contribution in [1.29, 1.82) is 0 Å². The van der Waals surface area contributed by atoms with Gasteiger partial charge in [-0.15, -0.1) is 0 Å². The molecule has 28 heavy (non-hydrogen) atoms. The summed E-state index contributed by atoms with van der Waals surface area (Å²) in [6, 6.07) is 12.2. The van der Waals surface area contributed by atoms with Crippen LogP contribution in [0.2, 0.25) is 0 Å². The van der Waals surface area contributed by atoms with Crippen molar-refractivity contribution in [1.82, 2.24) is 5.32 Å². The van der Waals surface area contributed by atoms with E-state index >= 15 is 0 Å². The number of para-hydroxylation sites is 1. The van der Waals surface area contributed by atoms with E-state index in [1.165, 1.54) is 12.1 Å². The standard InChI is InChI=1S/C23H27FN2O2/c1-3-17-6-5-7-18(4-2)20(17)26-22(28)23(13-14-23)21(27)25-15-12-16-8-10-19(24)11-9-16/h5-11H,3-4,12-15H2,1-2H3,(H,25,27)(H,26,28). The van der Waals surface area contributed by atoms with Crippen molar-refractivity contribution >= 4 is 17.5 Å². The lowest BCUT2D eigenvalue weighted by Crippen LogP contribution is -2.41. The van der Waals surface area contributed by atoms with Gasteiger partial charge in [0.15, 0.2) is 0 Å². The first-order valence-electron chi connectivity index (χ1n) is 9.95. The number of amides is 2. The summed E-state index contributed by atoms with van der Waals surface area (Å²) in [4.78, 5) is 25.6. The van der Waals surface area contributed by atoms with Gasteiger partial charge in [-0.3, -0.25) is 9.59 Å². The summed E-state index contributed by atoms with van der Waals surface area (Å²) in [6.07, 6.45) is 3.37. The number of hydrogen-bond donors (Lipinski definition) is 2. The fourth-order valence-electron chi connectivity index (χ4n) is 3.46. The topological polar surface area (TPSA) is 58.2 Å². The maximum Gasteiger partial charge on any atom is 0.240 e. The molecule has 1 fully saturated rings. The summed E-state index contributed by atoms with van der Waals surface area (Å²) >= 11 is 0. The third-order valence-electron chi connectivity index (χ3n) is 5.47. The average Bonchev–Trinajstić information content (AvgIpc) is 3.51. The number of carbonyl (C=O) groups is 2. The molecular weight excluding hydrogens is 355 g/mol. The molecule has 148 valence electrons. The fourth-order valence-corrected chi connectivity index (χ4v) is 3.46. The van der Waals surface area contributed by atoms with Crippen LogP contribution in [0.3, 0.4) is 0 Å². The second-order valence-electron chi connectivity index (χ2n) is 7.33. The molecule has 0 aliphatic heterocycles. The van der Waals surface area contributed by atoms with Gasteiger partial charge in [-0.05, 0) is 60.9 Å². The third kappa shape index (κ3) is 4.24. The highest BCUT2D eigenvalue weighted by Crippen LogP contribution is 2.47. The Kier molecular flexibility index (Phi) is 6.12. The van der Waals surface area contributed by atoms with Gasteiger partial charge < -0.3 is 10.6 Å². The Bertz CT molecular complexity index is 835. The largest absolute Gasteiger partial charge is 0.355 e. The highest BCUT2D eigenvalue weighted by molar-refractivity contribution is 6.13. The monoisotopic (exact) mass is 382 g/mol. The number of halogens is 1. The molecule has 1 aliphatic rings. The molecule has 0 saturated heterocycles. The highest BCUT2D eigenvalue weighted by atomic mass is 19.1. The number of carbonyl (C=O) groups excluding carboxylic acids is 2. The molecule has 4 nitrogen and oxygen atoms in total. The predicted octanol–water partition coefficient (Wildman–Crippen LogP) is 4.03. The van der Waals surface area contributed by atoms with Crippen molar-refractivity contribution in [2.45, 2.75) is 46.0 Å². The van der Waals surface area contributed by atoms with E-state index < -0.39 is 5.41 Å². The van der Waals surface area contributed by atoms with Crippen LogP contribution in [0.5, 0.6) is 0 Å². The van der Waals surface area contributed by atoms with Crippen molar-refractivity contribution < 1.29 is 14.0 Å². The first-order valence-corrected chi connectivity index (χ1v) is 9.95. The Labute approximate surface area is 165 Å². The van der Waals surface area contributed by atoms with Gasteiger partial charge in [-0.2, -0.15) is 0 Å².